The van der Waals surface area contributed by atoms with Crippen molar-refractivity contribution < 1.29 is 15.0 Å². The number of anilines is 1. The number of nitrogens with zero attached hydrogens (tertiary/aromatic N) is 6. The molecular formula is C30H29N7O3. The lowest BCUT2D eigenvalue weighted by Crippen LogP contribution is -2.55. The van der Waals surface area contributed by atoms with Gasteiger partial charge >= 0.3 is 6.09 Å². The normalized spacial score (nSPS) is 15.9. The van der Waals surface area contributed by atoms with Gasteiger partial charge in [0.1, 0.15) is 11.3 Å². The number of pyridine rings is 2. The molecule has 40 heavy (non-hydrogen) atoms. The van der Waals surface area contributed by atoms with Gasteiger partial charge in [0.25, 0.3) is 0 Å². The van der Waals surface area contributed by atoms with E-state index in [0.29, 0.717) is 43.5 Å². The van der Waals surface area contributed by atoms with Gasteiger partial charge in [0.05, 0.1) is 23.9 Å². The van der Waals surface area contributed by atoms with Crippen molar-refractivity contribution in [3.63, 3.8) is 0 Å². The molecule has 6 rings (SSSR count). The third kappa shape index (κ3) is 4.86. The molecule has 1 amide bonds. The number of amides is 1. The van der Waals surface area contributed by atoms with Crippen LogP contribution in [-0.2, 0) is 6.54 Å². The highest BCUT2D eigenvalue weighted by molar-refractivity contribution is 5.84. The molecule has 5 aromatic rings. The standard InChI is InChI=1S/C30H29N7O3/c31-27-24(7-4-14-32-27)28-34-26-13-12-25(21-5-2-1-3-6-21)33-29(26)37(28)22-10-8-20(9-11-22)17-35-15-16-36(30(39)40)23(18-35)19-38/h1-14,23,38H,15-19H2,(H2,31,32)(H,39,40). The van der Waals surface area contributed by atoms with E-state index in [0.717, 1.165) is 33.6 Å². The number of aliphatic hydroxyl groups excluding tert-OH is 1. The van der Waals surface area contributed by atoms with Gasteiger partial charge in [0, 0.05) is 43.6 Å². The van der Waals surface area contributed by atoms with Crippen LogP contribution in [0.25, 0.3) is 39.5 Å². The lowest BCUT2D eigenvalue weighted by atomic mass is 10.1. The van der Waals surface area contributed by atoms with Crippen LogP contribution in [0.3, 0.4) is 0 Å². The molecule has 10 nitrogen and oxygen atoms in total. The topological polar surface area (TPSA) is 134 Å². The molecule has 10 heteroatoms. The number of aliphatic hydroxyl groups is 1. The molecule has 4 heterocycles. The third-order valence-electron chi connectivity index (χ3n) is 7.28. The van der Waals surface area contributed by atoms with E-state index in [2.05, 4.69) is 22.0 Å². The molecule has 0 saturated carbocycles. The van der Waals surface area contributed by atoms with Crippen molar-refractivity contribution in [3.8, 4) is 28.3 Å². The van der Waals surface area contributed by atoms with E-state index in [-0.39, 0.29) is 6.61 Å². The molecule has 3 aromatic heterocycles. The molecule has 202 valence electrons. The van der Waals surface area contributed by atoms with E-state index in [4.69, 9.17) is 15.7 Å². The van der Waals surface area contributed by atoms with Gasteiger partial charge in [0.2, 0.25) is 0 Å². The summed E-state index contributed by atoms with van der Waals surface area (Å²) in [6.07, 6.45) is 0.661. The first-order chi connectivity index (χ1) is 19.5. The Morgan fingerprint density at radius 3 is 2.48 bits per heavy atom. The van der Waals surface area contributed by atoms with Crippen LogP contribution in [0.15, 0.2) is 85.1 Å². The van der Waals surface area contributed by atoms with Gasteiger partial charge in [-0.15, -0.1) is 0 Å². The van der Waals surface area contributed by atoms with Crippen molar-refractivity contribution in [3.05, 3.63) is 90.6 Å². The Labute approximate surface area is 231 Å². The molecule has 1 unspecified atom stereocenters. The van der Waals surface area contributed by atoms with Gasteiger partial charge in [-0.25, -0.2) is 19.7 Å². The summed E-state index contributed by atoms with van der Waals surface area (Å²) < 4.78 is 2.01. The molecule has 0 spiro atoms. The first-order valence-corrected chi connectivity index (χ1v) is 13.1. The largest absolute Gasteiger partial charge is 0.465 e. The van der Waals surface area contributed by atoms with Crippen molar-refractivity contribution >= 4 is 23.1 Å². The van der Waals surface area contributed by atoms with Crippen LogP contribution in [-0.4, -0.2) is 77.9 Å². The zero-order valence-corrected chi connectivity index (χ0v) is 21.8. The summed E-state index contributed by atoms with van der Waals surface area (Å²) in [5.41, 5.74) is 12.3. The number of hydrogen-bond acceptors (Lipinski definition) is 7. The number of benzene rings is 2. The molecule has 1 atom stereocenters. The Morgan fingerprint density at radius 1 is 0.950 bits per heavy atom. The molecule has 4 N–H and O–H groups in total. The minimum absolute atomic E-state index is 0.201. The summed E-state index contributed by atoms with van der Waals surface area (Å²) in [7, 11) is 0. The van der Waals surface area contributed by atoms with Gasteiger partial charge in [-0.05, 0) is 42.0 Å². The summed E-state index contributed by atoms with van der Waals surface area (Å²) in [5.74, 6) is 1.04. The average Bonchev–Trinajstić information content (AvgIpc) is 3.36. The highest BCUT2D eigenvalue weighted by atomic mass is 16.4. The van der Waals surface area contributed by atoms with Crippen molar-refractivity contribution in [2.75, 3.05) is 32.0 Å². The maximum Gasteiger partial charge on any atom is 0.407 e. The first kappa shape index (κ1) is 25.5. The Hall–Kier alpha value is -4.80. The van der Waals surface area contributed by atoms with Crippen molar-refractivity contribution in [1.29, 1.82) is 0 Å². The minimum Gasteiger partial charge on any atom is -0.465 e. The second kappa shape index (κ2) is 10.8. The Morgan fingerprint density at radius 2 is 1.75 bits per heavy atom. The highest BCUT2D eigenvalue weighted by Gasteiger charge is 2.29. The summed E-state index contributed by atoms with van der Waals surface area (Å²) in [6.45, 7) is 1.90. The number of nitrogen functional groups attached to an aromatic ring is 1. The fraction of sp³-hybridized carbons (Fsp3) is 0.200. The van der Waals surface area contributed by atoms with Gasteiger partial charge in [0.15, 0.2) is 11.5 Å². The molecule has 0 aliphatic carbocycles. The number of rotatable bonds is 6. The van der Waals surface area contributed by atoms with Crippen molar-refractivity contribution in [1.82, 2.24) is 29.3 Å². The predicted molar refractivity (Wildman–Crippen MR) is 153 cm³/mol. The first-order valence-electron chi connectivity index (χ1n) is 13.1. The second-order valence-corrected chi connectivity index (χ2v) is 9.83. The smallest absolute Gasteiger partial charge is 0.407 e. The van der Waals surface area contributed by atoms with E-state index >= 15 is 0 Å². The van der Waals surface area contributed by atoms with Crippen LogP contribution in [0, 0.1) is 0 Å². The fourth-order valence-corrected chi connectivity index (χ4v) is 5.24. The van der Waals surface area contributed by atoms with Crippen LogP contribution < -0.4 is 5.73 Å². The van der Waals surface area contributed by atoms with Crippen LogP contribution in [0.2, 0.25) is 0 Å². The maximum atomic E-state index is 11.5. The van der Waals surface area contributed by atoms with E-state index in [1.807, 2.05) is 71.3 Å². The van der Waals surface area contributed by atoms with Gasteiger partial charge < -0.3 is 20.8 Å². The SMILES string of the molecule is Nc1ncccc1-c1nc2ccc(-c3ccccc3)nc2n1-c1ccc(CN2CCN(C(=O)O)C(CO)C2)cc1. The summed E-state index contributed by atoms with van der Waals surface area (Å²) in [4.78, 5) is 29.1. The summed E-state index contributed by atoms with van der Waals surface area (Å²) in [6, 6.07) is 25.4. The Bertz CT molecular complexity index is 1650. The van der Waals surface area contributed by atoms with Crippen LogP contribution in [0.5, 0.6) is 0 Å². The number of nitrogens with two attached hydrogens (primary N) is 1. The Balaban J connectivity index is 1.36. The Kier molecular flexibility index (Phi) is 6.85. The van der Waals surface area contributed by atoms with E-state index < -0.39 is 12.1 Å². The summed E-state index contributed by atoms with van der Waals surface area (Å²) in [5, 5.41) is 19.1. The number of imidazole rings is 1. The number of hydrogen-bond donors (Lipinski definition) is 3. The molecule has 0 bridgehead atoms. The van der Waals surface area contributed by atoms with E-state index in [1.165, 1.54) is 4.90 Å². The second-order valence-electron chi connectivity index (χ2n) is 9.83. The zero-order chi connectivity index (χ0) is 27.6. The lowest BCUT2D eigenvalue weighted by Gasteiger charge is -2.39. The van der Waals surface area contributed by atoms with Crippen LogP contribution in [0.4, 0.5) is 10.6 Å². The lowest BCUT2D eigenvalue weighted by molar-refractivity contribution is 0.0387. The number of carboxylic acid groups (broad SMARTS) is 1. The average molecular weight is 536 g/mol. The molecule has 1 fully saturated rings. The fourth-order valence-electron chi connectivity index (χ4n) is 5.24. The van der Waals surface area contributed by atoms with Gasteiger partial charge in [-0.1, -0.05) is 42.5 Å². The van der Waals surface area contributed by atoms with Crippen molar-refractivity contribution in [2.45, 2.75) is 12.6 Å². The molecule has 1 aliphatic heterocycles. The zero-order valence-electron chi connectivity index (χ0n) is 21.8. The van der Waals surface area contributed by atoms with E-state index in [1.54, 1.807) is 6.20 Å². The van der Waals surface area contributed by atoms with Crippen LogP contribution in [0.1, 0.15) is 5.56 Å². The van der Waals surface area contributed by atoms with Gasteiger partial charge in [-0.3, -0.25) is 9.47 Å². The monoisotopic (exact) mass is 535 g/mol. The summed E-state index contributed by atoms with van der Waals surface area (Å²) >= 11 is 0. The number of fused-ring (bicyclic) bond motifs is 1. The quantitative estimate of drug-likeness (QED) is 0.298. The molecule has 2 aromatic carbocycles. The number of aromatic nitrogens is 4. The number of carbonyl (C=O) groups is 1. The van der Waals surface area contributed by atoms with Crippen LogP contribution >= 0.6 is 0 Å². The molecule has 1 aliphatic rings. The number of piperazine rings is 1. The molecular weight excluding hydrogens is 506 g/mol. The van der Waals surface area contributed by atoms with E-state index in [9.17, 15) is 15.0 Å². The molecule has 1 saturated heterocycles. The maximum absolute atomic E-state index is 11.5. The minimum atomic E-state index is -0.996. The predicted octanol–water partition coefficient (Wildman–Crippen LogP) is 3.89. The molecule has 0 radical (unpaired) electrons. The van der Waals surface area contributed by atoms with Gasteiger partial charge in [-0.2, -0.15) is 0 Å². The highest BCUT2D eigenvalue weighted by Crippen LogP contribution is 2.32. The van der Waals surface area contributed by atoms with Crippen molar-refractivity contribution in [2.24, 2.45) is 0 Å². The third-order valence-corrected chi connectivity index (χ3v) is 7.28.